The smallest absolute Gasteiger partial charge is 0.187 e. The molecule has 0 aliphatic heterocycles. The van der Waals surface area contributed by atoms with Crippen LogP contribution in [0.2, 0.25) is 0 Å². The summed E-state index contributed by atoms with van der Waals surface area (Å²) >= 11 is 1.56. The van der Waals surface area contributed by atoms with Crippen molar-refractivity contribution in [1.29, 1.82) is 0 Å². The van der Waals surface area contributed by atoms with E-state index >= 15 is 0 Å². The van der Waals surface area contributed by atoms with Crippen LogP contribution in [0, 0.1) is 0 Å². The third kappa shape index (κ3) is 3.96. The minimum Gasteiger partial charge on any atom is -0.332 e. The highest BCUT2D eigenvalue weighted by molar-refractivity contribution is 7.14. The highest BCUT2D eigenvalue weighted by Crippen LogP contribution is 2.29. The van der Waals surface area contributed by atoms with Crippen molar-refractivity contribution in [3.05, 3.63) is 89.8 Å². The molecule has 1 heterocycles. The molecule has 3 nitrogen and oxygen atoms in total. The molecule has 0 radical (unpaired) electrons. The largest absolute Gasteiger partial charge is 0.332 e. The van der Waals surface area contributed by atoms with Gasteiger partial charge in [0.05, 0.1) is 5.69 Å². The predicted molar refractivity (Wildman–Crippen MR) is 113 cm³/mol. The lowest BCUT2D eigenvalue weighted by molar-refractivity contribution is 0.101. The van der Waals surface area contributed by atoms with Gasteiger partial charge in [0.1, 0.15) is 0 Å². The van der Waals surface area contributed by atoms with Gasteiger partial charge in [-0.1, -0.05) is 54.6 Å². The molecule has 0 bridgehead atoms. The van der Waals surface area contributed by atoms with Crippen molar-refractivity contribution in [2.24, 2.45) is 0 Å². The Morgan fingerprint density at radius 1 is 0.815 bits per heavy atom. The Labute approximate surface area is 162 Å². The van der Waals surface area contributed by atoms with Crippen molar-refractivity contribution in [1.82, 2.24) is 4.98 Å². The third-order valence-corrected chi connectivity index (χ3v) is 5.09. The zero-order valence-electron chi connectivity index (χ0n) is 14.8. The predicted octanol–water partition coefficient (Wildman–Crippen LogP) is 6.42. The standard InChI is InChI=1S/C23H18N2OS/c1-16(26)17-11-13-21(14-12-17)24-23-25-22(15-27-23)20-9-7-19(8-10-20)18-5-3-2-4-6-18/h2-15H,1H3,(H,24,25). The van der Waals surface area contributed by atoms with E-state index in [1.165, 1.54) is 11.1 Å². The summed E-state index contributed by atoms with van der Waals surface area (Å²) < 4.78 is 0. The number of nitrogens with one attached hydrogen (secondary N) is 1. The van der Waals surface area contributed by atoms with Gasteiger partial charge in [-0.05, 0) is 42.3 Å². The van der Waals surface area contributed by atoms with Crippen LogP contribution in [-0.2, 0) is 0 Å². The van der Waals surface area contributed by atoms with Crippen molar-refractivity contribution in [3.8, 4) is 22.4 Å². The summed E-state index contributed by atoms with van der Waals surface area (Å²) in [6.07, 6.45) is 0. The summed E-state index contributed by atoms with van der Waals surface area (Å²) in [7, 11) is 0. The SMILES string of the molecule is CC(=O)c1ccc(Nc2nc(-c3ccc(-c4ccccc4)cc3)cs2)cc1. The number of ketones is 1. The van der Waals surface area contributed by atoms with Gasteiger partial charge in [0.15, 0.2) is 10.9 Å². The third-order valence-electron chi connectivity index (χ3n) is 4.33. The highest BCUT2D eigenvalue weighted by atomic mass is 32.1. The van der Waals surface area contributed by atoms with Crippen molar-refractivity contribution in [3.63, 3.8) is 0 Å². The molecule has 27 heavy (non-hydrogen) atoms. The Kier molecular flexibility index (Phi) is 4.81. The highest BCUT2D eigenvalue weighted by Gasteiger charge is 2.06. The van der Waals surface area contributed by atoms with E-state index in [9.17, 15) is 4.79 Å². The summed E-state index contributed by atoms with van der Waals surface area (Å²) in [5, 5.41) is 6.17. The molecule has 0 saturated carbocycles. The number of benzene rings is 3. The first-order valence-corrected chi connectivity index (χ1v) is 9.56. The second-order valence-corrected chi connectivity index (χ2v) is 7.10. The number of thiazole rings is 1. The number of hydrogen-bond donors (Lipinski definition) is 1. The van der Waals surface area contributed by atoms with E-state index in [1.54, 1.807) is 18.3 Å². The van der Waals surface area contributed by atoms with Gasteiger partial charge in [0.2, 0.25) is 0 Å². The lowest BCUT2D eigenvalue weighted by Crippen LogP contribution is -1.93. The number of carbonyl (C=O) groups excluding carboxylic acids is 1. The molecule has 0 amide bonds. The van der Waals surface area contributed by atoms with Gasteiger partial charge in [0, 0.05) is 22.2 Å². The number of nitrogens with zero attached hydrogens (tertiary/aromatic N) is 1. The van der Waals surface area contributed by atoms with Crippen LogP contribution in [0.3, 0.4) is 0 Å². The van der Waals surface area contributed by atoms with Gasteiger partial charge in [-0.25, -0.2) is 4.98 Å². The number of aromatic nitrogens is 1. The Hall–Kier alpha value is -3.24. The van der Waals surface area contributed by atoms with Gasteiger partial charge in [-0.15, -0.1) is 11.3 Å². The average Bonchev–Trinajstić information content (AvgIpc) is 3.18. The van der Waals surface area contributed by atoms with E-state index in [2.05, 4.69) is 46.7 Å². The first kappa shape index (κ1) is 17.2. The summed E-state index contributed by atoms with van der Waals surface area (Å²) in [6.45, 7) is 1.57. The molecule has 0 aliphatic carbocycles. The van der Waals surface area contributed by atoms with Crippen LogP contribution in [0.4, 0.5) is 10.8 Å². The fourth-order valence-corrected chi connectivity index (χ4v) is 3.58. The maximum atomic E-state index is 11.4. The molecule has 3 aromatic carbocycles. The fraction of sp³-hybridized carbons (Fsp3) is 0.0435. The van der Waals surface area contributed by atoms with Gasteiger partial charge in [-0.3, -0.25) is 4.79 Å². The maximum Gasteiger partial charge on any atom is 0.187 e. The Bertz CT molecular complexity index is 1050. The van der Waals surface area contributed by atoms with E-state index < -0.39 is 0 Å². The molecular formula is C23H18N2OS. The lowest BCUT2D eigenvalue weighted by Gasteiger charge is -2.04. The zero-order valence-corrected chi connectivity index (χ0v) is 15.7. The van der Waals surface area contributed by atoms with Crippen LogP contribution in [0.25, 0.3) is 22.4 Å². The fourth-order valence-electron chi connectivity index (χ4n) is 2.84. The van der Waals surface area contributed by atoms with E-state index in [0.29, 0.717) is 5.56 Å². The normalized spacial score (nSPS) is 10.6. The minimum absolute atomic E-state index is 0.0667. The van der Waals surface area contributed by atoms with E-state index in [0.717, 1.165) is 22.1 Å². The second-order valence-electron chi connectivity index (χ2n) is 6.24. The first-order valence-electron chi connectivity index (χ1n) is 8.68. The van der Waals surface area contributed by atoms with Gasteiger partial charge in [-0.2, -0.15) is 0 Å². The first-order chi connectivity index (χ1) is 13.2. The molecular weight excluding hydrogens is 352 g/mol. The zero-order chi connectivity index (χ0) is 18.6. The number of hydrogen-bond acceptors (Lipinski definition) is 4. The van der Waals surface area contributed by atoms with Gasteiger partial charge >= 0.3 is 0 Å². The van der Waals surface area contributed by atoms with Gasteiger partial charge < -0.3 is 5.32 Å². The van der Waals surface area contributed by atoms with Crippen LogP contribution < -0.4 is 5.32 Å². The van der Waals surface area contributed by atoms with Crippen LogP contribution in [0.15, 0.2) is 84.2 Å². The molecule has 4 rings (SSSR count). The van der Waals surface area contributed by atoms with Crippen molar-refractivity contribution in [2.45, 2.75) is 6.92 Å². The summed E-state index contributed by atoms with van der Waals surface area (Å²) in [6, 6.07) is 26.2. The molecule has 0 saturated heterocycles. The summed E-state index contributed by atoms with van der Waals surface area (Å²) in [4.78, 5) is 16.0. The van der Waals surface area contributed by atoms with E-state index in [-0.39, 0.29) is 5.78 Å². The molecule has 4 aromatic rings. The monoisotopic (exact) mass is 370 g/mol. The Balaban J connectivity index is 1.49. The number of carbonyl (C=O) groups is 1. The summed E-state index contributed by atoms with van der Waals surface area (Å²) in [5.41, 5.74) is 6.06. The quantitative estimate of drug-likeness (QED) is 0.412. The second kappa shape index (κ2) is 7.56. The number of Topliss-reactive ketones (excluding diaryl/α,β-unsaturated/α-hetero) is 1. The Morgan fingerprint density at radius 3 is 2.11 bits per heavy atom. The molecule has 0 unspecified atom stereocenters. The molecule has 0 spiro atoms. The summed E-state index contributed by atoms with van der Waals surface area (Å²) in [5.74, 6) is 0.0667. The number of rotatable bonds is 5. The lowest BCUT2D eigenvalue weighted by atomic mass is 10.0. The molecule has 4 heteroatoms. The van der Waals surface area contributed by atoms with E-state index in [4.69, 9.17) is 0 Å². The maximum absolute atomic E-state index is 11.4. The topological polar surface area (TPSA) is 42.0 Å². The number of anilines is 2. The van der Waals surface area contributed by atoms with E-state index in [1.807, 2.05) is 47.8 Å². The van der Waals surface area contributed by atoms with Crippen molar-refractivity contribution < 1.29 is 4.79 Å². The molecule has 1 aromatic heterocycles. The minimum atomic E-state index is 0.0667. The van der Waals surface area contributed by atoms with Gasteiger partial charge in [0.25, 0.3) is 0 Å². The van der Waals surface area contributed by atoms with Crippen LogP contribution >= 0.6 is 11.3 Å². The average molecular weight is 370 g/mol. The van der Waals surface area contributed by atoms with Crippen molar-refractivity contribution >= 4 is 27.9 Å². The molecule has 0 atom stereocenters. The van der Waals surface area contributed by atoms with Crippen LogP contribution in [-0.4, -0.2) is 10.8 Å². The molecule has 0 fully saturated rings. The Morgan fingerprint density at radius 2 is 1.44 bits per heavy atom. The molecule has 0 aliphatic rings. The molecule has 1 N–H and O–H groups in total. The van der Waals surface area contributed by atoms with Crippen LogP contribution in [0.5, 0.6) is 0 Å². The van der Waals surface area contributed by atoms with Crippen LogP contribution in [0.1, 0.15) is 17.3 Å². The van der Waals surface area contributed by atoms with Crippen molar-refractivity contribution in [2.75, 3.05) is 5.32 Å². The molecule has 132 valence electrons.